The molecule has 0 fully saturated rings. The third-order valence-electron chi connectivity index (χ3n) is 3.61. The molecule has 0 aliphatic heterocycles. The molecule has 0 saturated heterocycles. The number of phenols is 1. The minimum atomic E-state index is -1.24. The summed E-state index contributed by atoms with van der Waals surface area (Å²) in [5.41, 5.74) is 1.11. The van der Waals surface area contributed by atoms with Gasteiger partial charge in [0.05, 0.1) is 11.1 Å². The molecule has 5 nitrogen and oxygen atoms in total. The van der Waals surface area contributed by atoms with Crippen molar-refractivity contribution < 1.29 is 24.2 Å². The number of hydrogen-bond donors (Lipinski definition) is 1. The van der Waals surface area contributed by atoms with E-state index in [0.29, 0.717) is 16.7 Å². The standard InChI is InChI=1S/C21H16O5/c22-18-13-11-17(12-14-18)21(25-19(23)15-7-3-1-4-8-15)26-20(24)16-9-5-2-6-10-16/h1-14,21-22H. The zero-order valence-electron chi connectivity index (χ0n) is 13.7. The Morgan fingerprint density at radius 3 is 1.50 bits per heavy atom. The fourth-order valence-corrected chi connectivity index (χ4v) is 2.27. The summed E-state index contributed by atoms with van der Waals surface area (Å²) in [4.78, 5) is 24.7. The highest BCUT2D eigenvalue weighted by atomic mass is 16.7. The molecule has 0 radical (unpaired) electrons. The van der Waals surface area contributed by atoms with Gasteiger partial charge in [0.25, 0.3) is 6.29 Å². The fraction of sp³-hybridized carbons (Fsp3) is 0.0476. The summed E-state index contributed by atoms with van der Waals surface area (Å²) >= 11 is 0. The monoisotopic (exact) mass is 348 g/mol. The van der Waals surface area contributed by atoms with Crippen LogP contribution in [0.5, 0.6) is 5.75 Å². The van der Waals surface area contributed by atoms with E-state index >= 15 is 0 Å². The smallest absolute Gasteiger partial charge is 0.341 e. The van der Waals surface area contributed by atoms with Crippen molar-refractivity contribution in [3.05, 3.63) is 102 Å². The van der Waals surface area contributed by atoms with Crippen molar-refractivity contribution in [2.45, 2.75) is 6.29 Å². The van der Waals surface area contributed by atoms with E-state index in [0.717, 1.165) is 0 Å². The maximum absolute atomic E-state index is 12.4. The highest BCUT2D eigenvalue weighted by molar-refractivity contribution is 5.91. The Hall–Kier alpha value is -3.60. The van der Waals surface area contributed by atoms with E-state index in [1.165, 1.54) is 24.3 Å². The Bertz CT molecular complexity index is 820. The van der Waals surface area contributed by atoms with Crippen LogP contribution in [0.1, 0.15) is 32.6 Å². The number of aromatic hydroxyl groups is 1. The average Bonchev–Trinajstić information content (AvgIpc) is 2.69. The summed E-state index contributed by atoms with van der Waals surface area (Å²) in [5, 5.41) is 9.44. The van der Waals surface area contributed by atoms with Crippen LogP contribution in [0.15, 0.2) is 84.9 Å². The van der Waals surface area contributed by atoms with Crippen LogP contribution in [0.4, 0.5) is 0 Å². The molecular weight excluding hydrogens is 332 g/mol. The summed E-state index contributed by atoms with van der Waals surface area (Å²) in [6.07, 6.45) is -1.24. The van der Waals surface area contributed by atoms with E-state index in [9.17, 15) is 14.7 Å². The molecule has 0 amide bonds. The predicted octanol–water partition coefficient (Wildman–Crippen LogP) is 4.10. The van der Waals surface area contributed by atoms with Gasteiger partial charge in [0, 0.05) is 5.56 Å². The van der Waals surface area contributed by atoms with Crippen LogP contribution in [-0.2, 0) is 9.47 Å². The van der Waals surface area contributed by atoms with Crippen molar-refractivity contribution in [3.8, 4) is 5.75 Å². The molecule has 3 aromatic carbocycles. The molecule has 0 spiro atoms. The molecule has 5 heteroatoms. The number of carbonyl (C=O) groups is 2. The van der Waals surface area contributed by atoms with E-state index in [2.05, 4.69) is 0 Å². The van der Waals surface area contributed by atoms with Crippen LogP contribution >= 0.6 is 0 Å². The van der Waals surface area contributed by atoms with Gasteiger partial charge in [0.1, 0.15) is 5.75 Å². The lowest BCUT2D eigenvalue weighted by atomic mass is 10.2. The topological polar surface area (TPSA) is 72.8 Å². The number of carbonyl (C=O) groups excluding carboxylic acids is 2. The lowest BCUT2D eigenvalue weighted by Crippen LogP contribution is -2.18. The summed E-state index contributed by atoms with van der Waals surface area (Å²) in [5.74, 6) is -1.19. The third kappa shape index (κ3) is 4.27. The van der Waals surface area contributed by atoms with E-state index < -0.39 is 18.2 Å². The zero-order valence-corrected chi connectivity index (χ0v) is 13.7. The van der Waals surface area contributed by atoms with Crippen molar-refractivity contribution in [3.63, 3.8) is 0 Å². The van der Waals surface area contributed by atoms with Gasteiger partial charge in [-0.05, 0) is 48.5 Å². The van der Waals surface area contributed by atoms with E-state index in [1.807, 2.05) is 0 Å². The Balaban J connectivity index is 1.83. The Kier molecular flexibility index (Phi) is 5.29. The van der Waals surface area contributed by atoms with Gasteiger partial charge in [-0.25, -0.2) is 9.59 Å². The summed E-state index contributed by atoms with van der Waals surface area (Å²) in [7, 11) is 0. The molecule has 3 rings (SSSR count). The minimum absolute atomic E-state index is 0.0521. The van der Waals surface area contributed by atoms with E-state index in [-0.39, 0.29) is 5.75 Å². The minimum Gasteiger partial charge on any atom is -0.508 e. The molecule has 130 valence electrons. The molecule has 0 heterocycles. The van der Waals surface area contributed by atoms with Crippen LogP contribution in [0.3, 0.4) is 0 Å². The van der Waals surface area contributed by atoms with Gasteiger partial charge >= 0.3 is 11.9 Å². The van der Waals surface area contributed by atoms with Crippen molar-refractivity contribution >= 4 is 11.9 Å². The van der Waals surface area contributed by atoms with E-state index in [4.69, 9.17) is 9.47 Å². The predicted molar refractivity (Wildman–Crippen MR) is 94.6 cm³/mol. The average molecular weight is 348 g/mol. The molecule has 0 aliphatic rings. The molecule has 3 aromatic rings. The lowest BCUT2D eigenvalue weighted by Gasteiger charge is -2.19. The van der Waals surface area contributed by atoms with Crippen molar-refractivity contribution in [2.24, 2.45) is 0 Å². The molecule has 0 bridgehead atoms. The molecule has 1 N–H and O–H groups in total. The summed E-state index contributed by atoms with van der Waals surface area (Å²) in [6.45, 7) is 0. The van der Waals surface area contributed by atoms with Crippen molar-refractivity contribution in [1.82, 2.24) is 0 Å². The summed E-state index contributed by atoms with van der Waals surface area (Å²) in [6, 6.07) is 22.7. The number of phenolic OH excluding ortho intramolecular Hbond substituents is 1. The van der Waals surface area contributed by atoms with Gasteiger partial charge in [0.2, 0.25) is 0 Å². The molecule has 0 unspecified atom stereocenters. The molecule has 26 heavy (non-hydrogen) atoms. The Labute approximate surface area is 150 Å². The first kappa shape index (κ1) is 17.2. The van der Waals surface area contributed by atoms with Gasteiger partial charge in [0.15, 0.2) is 0 Å². The van der Waals surface area contributed by atoms with Crippen LogP contribution < -0.4 is 0 Å². The van der Waals surface area contributed by atoms with Gasteiger partial charge in [-0.15, -0.1) is 0 Å². The lowest BCUT2D eigenvalue weighted by molar-refractivity contribution is -0.0823. The second-order valence-electron chi connectivity index (χ2n) is 5.47. The van der Waals surface area contributed by atoms with Gasteiger partial charge in [-0.1, -0.05) is 36.4 Å². The van der Waals surface area contributed by atoms with Gasteiger partial charge in [-0.2, -0.15) is 0 Å². The third-order valence-corrected chi connectivity index (χ3v) is 3.61. The normalized spacial score (nSPS) is 10.3. The quantitative estimate of drug-likeness (QED) is 0.555. The van der Waals surface area contributed by atoms with Gasteiger partial charge < -0.3 is 14.6 Å². The van der Waals surface area contributed by atoms with Crippen LogP contribution in [-0.4, -0.2) is 17.0 Å². The first-order valence-corrected chi connectivity index (χ1v) is 7.94. The fourth-order valence-electron chi connectivity index (χ4n) is 2.27. The molecule has 0 atom stereocenters. The molecule has 0 aliphatic carbocycles. The van der Waals surface area contributed by atoms with Crippen molar-refractivity contribution in [1.29, 1.82) is 0 Å². The molecule has 0 saturated carbocycles. The van der Waals surface area contributed by atoms with E-state index in [1.54, 1.807) is 60.7 Å². The number of ether oxygens (including phenoxy) is 2. The Morgan fingerprint density at radius 2 is 1.08 bits per heavy atom. The second-order valence-corrected chi connectivity index (χ2v) is 5.47. The van der Waals surface area contributed by atoms with Gasteiger partial charge in [-0.3, -0.25) is 0 Å². The first-order chi connectivity index (χ1) is 12.6. The number of hydrogen-bond acceptors (Lipinski definition) is 5. The maximum Gasteiger partial charge on any atom is 0.341 e. The zero-order chi connectivity index (χ0) is 18.4. The number of benzene rings is 3. The Morgan fingerprint density at radius 1 is 0.654 bits per heavy atom. The molecular formula is C21H16O5. The van der Waals surface area contributed by atoms with Crippen LogP contribution in [0, 0.1) is 0 Å². The van der Waals surface area contributed by atoms with Crippen LogP contribution in [0.25, 0.3) is 0 Å². The molecule has 0 aromatic heterocycles. The SMILES string of the molecule is O=C(OC(OC(=O)c1ccccc1)c1ccc(O)cc1)c1ccccc1. The van der Waals surface area contributed by atoms with Crippen LogP contribution in [0.2, 0.25) is 0 Å². The highest BCUT2D eigenvalue weighted by Gasteiger charge is 2.23. The largest absolute Gasteiger partial charge is 0.508 e. The number of esters is 2. The first-order valence-electron chi connectivity index (χ1n) is 7.94. The number of rotatable bonds is 5. The maximum atomic E-state index is 12.4. The van der Waals surface area contributed by atoms with Crippen molar-refractivity contribution in [2.75, 3.05) is 0 Å². The second kappa shape index (κ2) is 7.98. The summed E-state index contributed by atoms with van der Waals surface area (Å²) < 4.78 is 10.8. The highest BCUT2D eigenvalue weighted by Crippen LogP contribution is 2.24.